The van der Waals surface area contributed by atoms with Gasteiger partial charge >= 0.3 is 0 Å². The molecular weight excluding hydrogens is 278 g/mol. The number of benzene rings is 1. The predicted molar refractivity (Wildman–Crippen MR) is 88.3 cm³/mol. The van der Waals surface area contributed by atoms with Gasteiger partial charge in [0.25, 0.3) is 0 Å². The number of hydrogen-bond acceptors (Lipinski definition) is 6. The van der Waals surface area contributed by atoms with Crippen molar-refractivity contribution in [2.75, 3.05) is 37.0 Å². The Morgan fingerprint density at radius 2 is 1.55 bits per heavy atom. The molecule has 7 nitrogen and oxygen atoms in total. The highest BCUT2D eigenvalue weighted by molar-refractivity contribution is 5.45. The van der Waals surface area contributed by atoms with E-state index in [-0.39, 0.29) is 11.9 Å². The standard InChI is InChI=1S/C15H23N7/c1-4-22(10-13-18-14(16)20-15(17)19-13)9-11-5-7-12(8-6-11)21(2)3/h5-8H,4,9-10H2,1-3H3,(H4,16,17,18,19,20)/p+1. The summed E-state index contributed by atoms with van der Waals surface area (Å²) in [6.07, 6.45) is 0. The number of nitrogens with two attached hydrogens (primary N) is 2. The quantitative estimate of drug-likeness (QED) is 0.678. The third-order valence-electron chi connectivity index (χ3n) is 3.53. The lowest BCUT2D eigenvalue weighted by molar-refractivity contribution is -0.926. The molecule has 1 heterocycles. The van der Waals surface area contributed by atoms with Crippen molar-refractivity contribution >= 4 is 17.6 Å². The third-order valence-corrected chi connectivity index (χ3v) is 3.53. The summed E-state index contributed by atoms with van der Waals surface area (Å²) in [4.78, 5) is 15.5. The molecule has 22 heavy (non-hydrogen) atoms. The SMILES string of the molecule is CC[NH+](Cc1ccc(N(C)C)cc1)Cc1nc(N)nc(N)n1. The van der Waals surface area contributed by atoms with Crippen molar-refractivity contribution < 1.29 is 4.90 Å². The van der Waals surface area contributed by atoms with Crippen LogP contribution >= 0.6 is 0 Å². The average Bonchev–Trinajstić information content (AvgIpc) is 2.46. The van der Waals surface area contributed by atoms with Gasteiger partial charge in [-0.15, -0.1) is 0 Å². The van der Waals surface area contributed by atoms with E-state index in [1.54, 1.807) is 0 Å². The Morgan fingerprint density at radius 3 is 2.05 bits per heavy atom. The first-order valence-electron chi connectivity index (χ1n) is 7.33. The number of nitrogens with one attached hydrogen (secondary N) is 1. The summed E-state index contributed by atoms with van der Waals surface area (Å²) in [5, 5.41) is 0. The molecule has 1 aromatic carbocycles. The molecule has 7 heteroatoms. The minimum Gasteiger partial charge on any atom is -0.378 e. The second-order valence-electron chi connectivity index (χ2n) is 5.49. The predicted octanol–water partition coefficient (Wildman–Crippen LogP) is -0.293. The van der Waals surface area contributed by atoms with Gasteiger partial charge in [0.1, 0.15) is 13.1 Å². The van der Waals surface area contributed by atoms with Crippen LogP contribution in [0.15, 0.2) is 24.3 Å². The van der Waals surface area contributed by atoms with Gasteiger partial charge in [0.15, 0.2) is 5.82 Å². The van der Waals surface area contributed by atoms with E-state index in [0.29, 0.717) is 12.4 Å². The number of anilines is 3. The highest BCUT2D eigenvalue weighted by Crippen LogP contribution is 2.11. The molecule has 0 amide bonds. The maximum Gasteiger partial charge on any atom is 0.225 e. The zero-order valence-electron chi connectivity index (χ0n) is 13.4. The maximum absolute atomic E-state index is 5.62. The molecule has 0 spiro atoms. The van der Waals surface area contributed by atoms with Gasteiger partial charge in [-0.1, -0.05) is 12.1 Å². The number of rotatable bonds is 6. The zero-order valence-corrected chi connectivity index (χ0v) is 13.4. The lowest BCUT2D eigenvalue weighted by Crippen LogP contribution is -3.09. The van der Waals surface area contributed by atoms with Crippen molar-refractivity contribution in [3.63, 3.8) is 0 Å². The molecule has 2 rings (SSSR count). The number of aromatic nitrogens is 3. The molecule has 1 atom stereocenters. The van der Waals surface area contributed by atoms with Gasteiger partial charge in [0.2, 0.25) is 11.9 Å². The van der Waals surface area contributed by atoms with E-state index in [1.807, 2.05) is 14.1 Å². The second-order valence-corrected chi connectivity index (χ2v) is 5.49. The summed E-state index contributed by atoms with van der Waals surface area (Å²) in [6, 6.07) is 8.56. The minimum absolute atomic E-state index is 0.174. The van der Waals surface area contributed by atoms with E-state index in [9.17, 15) is 0 Å². The van der Waals surface area contributed by atoms with Gasteiger partial charge < -0.3 is 21.3 Å². The number of hydrogen-bond donors (Lipinski definition) is 3. The van der Waals surface area contributed by atoms with E-state index >= 15 is 0 Å². The number of nitrogen functional groups attached to an aromatic ring is 2. The molecular formula is C15H24N7+. The molecule has 0 aliphatic carbocycles. The van der Waals surface area contributed by atoms with Gasteiger partial charge in [0, 0.05) is 25.3 Å². The van der Waals surface area contributed by atoms with Crippen LogP contribution in [-0.4, -0.2) is 35.6 Å². The normalized spacial score (nSPS) is 12.1. The number of quaternary nitrogens is 1. The van der Waals surface area contributed by atoms with E-state index in [2.05, 4.69) is 51.0 Å². The minimum atomic E-state index is 0.174. The van der Waals surface area contributed by atoms with E-state index < -0.39 is 0 Å². The van der Waals surface area contributed by atoms with Crippen LogP contribution in [0, 0.1) is 0 Å². The van der Waals surface area contributed by atoms with Crippen molar-refractivity contribution in [1.29, 1.82) is 0 Å². The summed E-state index contributed by atoms with van der Waals surface area (Å²) >= 11 is 0. The molecule has 0 radical (unpaired) electrons. The first-order valence-corrected chi connectivity index (χ1v) is 7.33. The van der Waals surface area contributed by atoms with Crippen LogP contribution in [0.3, 0.4) is 0 Å². The molecule has 2 aromatic rings. The van der Waals surface area contributed by atoms with E-state index in [1.165, 1.54) is 16.2 Å². The lowest BCUT2D eigenvalue weighted by atomic mass is 10.2. The fraction of sp³-hybridized carbons (Fsp3) is 0.400. The molecule has 0 fully saturated rings. The Labute approximate surface area is 131 Å². The Balaban J connectivity index is 2.05. The van der Waals surface area contributed by atoms with Crippen molar-refractivity contribution in [1.82, 2.24) is 15.0 Å². The van der Waals surface area contributed by atoms with Gasteiger partial charge in [0.05, 0.1) is 6.54 Å². The smallest absolute Gasteiger partial charge is 0.225 e. The Hall–Kier alpha value is -2.41. The molecule has 0 aliphatic heterocycles. The monoisotopic (exact) mass is 302 g/mol. The fourth-order valence-electron chi connectivity index (χ4n) is 2.27. The highest BCUT2D eigenvalue weighted by atomic mass is 15.2. The first kappa shape index (κ1) is 16.0. The first-order chi connectivity index (χ1) is 10.5. The van der Waals surface area contributed by atoms with Crippen LogP contribution in [0.4, 0.5) is 17.6 Å². The lowest BCUT2D eigenvalue weighted by Gasteiger charge is -2.18. The van der Waals surface area contributed by atoms with Crippen LogP contribution in [0.1, 0.15) is 18.3 Å². The summed E-state index contributed by atoms with van der Waals surface area (Å²) in [6.45, 7) is 4.66. The molecule has 118 valence electrons. The molecule has 5 N–H and O–H groups in total. The molecule has 1 unspecified atom stereocenters. The molecule has 0 bridgehead atoms. The fourth-order valence-corrected chi connectivity index (χ4v) is 2.27. The van der Waals surface area contributed by atoms with Crippen LogP contribution in [0.5, 0.6) is 0 Å². The summed E-state index contributed by atoms with van der Waals surface area (Å²) in [7, 11) is 4.07. The van der Waals surface area contributed by atoms with Crippen molar-refractivity contribution in [3.05, 3.63) is 35.7 Å². The molecule has 0 saturated carbocycles. The van der Waals surface area contributed by atoms with Crippen LogP contribution in [0.25, 0.3) is 0 Å². The molecule has 0 saturated heterocycles. The Bertz CT molecular complexity index is 590. The summed E-state index contributed by atoms with van der Waals surface area (Å²) in [5.74, 6) is 0.980. The molecule has 1 aromatic heterocycles. The maximum atomic E-state index is 5.62. The van der Waals surface area contributed by atoms with E-state index in [0.717, 1.165) is 13.1 Å². The van der Waals surface area contributed by atoms with Crippen molar-refractivity contribution in [2.24, 2.45) is 0 Å². The van der Waals surface area contributed by atoms with Crippen LogP contribution in [-0.2, 0) is 13.1 Å². The molecule has 0 aliphatic rings. The Morgan fingerprint density at radius 1 is 0.955 bits per heavy atom. The highest BCUT2D eigenvalue weighted by Gasteiger charge is 2.12. The third kappa shape index (κ3) is 4.29. The zero-order chi connectivity index (χ0) is 16.1. The topological polar surface area (TPSA) is 98.4 Å². The summed E-state index contributed by atoms with van der Waals surface area (Å²) in [5.41, 5.74) is 13.7. The largest absolute Gasteiger partial charge is 0.378 e. The van der Waals surface area contributed by atoms with Gasteiger partial charge in [-0.2, -0.15) is 15.0 Å². The van der Waals surface area contributed by atoms with Gasteiger partial charge in [-0.25, -0.2) is 0 Å². The number of nitrogens with zero attached hydrogens (tertiary/aromatic N) is 4. The van der Waals surface area contributed by atoms with Crippen LogP contribution < -0.4 is 21.3 Å². The van der Waals surface area contributed by atoms with Crippen molar-refractivity contribution in [2.45, 2.75) is 20.0 Å². The average molecular weight is 302 g/mol. The van der Waals surface area contributed by atoms with Crippen LogP contribution in [0.2, 0.25) is 0 Å². The van der Waals surface area contributed by atoms with Gasteiger partial charge in [-0.3, -0.25) is 0 Å². The Kier molecular flexibility index (Phi) is 5.11. The van der Waals surface area contributed by atoms with Gasteiger partial charge in [-0.05, 0) is 19.1 Å². The summed E-state index contributed by atoms with van der Waals surface area (Å²) < 4.78 is 0. The van der Waals surface area contributed by atoms with Crippen molar-refractivity contribution in [3.8, 4) is 0 Å². The second kappa shape index (κ2) is 7.04. The van der Waals surface area contributed by atoms with E-state index in [4.69, 9.17) is 11.5 Å².